The van der Waals surface area contributed by atoms with Gasteiger partial charge in [-0.2, -0.15) is 0 Å². The van der Waals surface area contributed by atoms with E-state index in [1.807, 2.05) is 30.0 Å². The maximum absolute atomic E-state index is 16.0. The minimum absolute atomic E-state index is 0.0120. The lowest BCUT2D eigenvalue weighted by molar-refractivity contribution is -0.142. The van der Waals surface area contributed by atoms with Crippen molar-refractivity contribution in [1.82, 2.24) is 26.2 Å². The van der Waals surface area contributed by atoms with Crippen molar-refractivity contribution in [2.75, 3.05) is 56.4 Å². The molecule has 0 radical (unpaired) electrons. The molecule has 2 aromatic carbocycles. The van der Waals surface area contributed by atoms with E-state index in [1.165, 1.54) is 26.4 Å². The van der Waals surface area contributed by atoms with Crippen molar-refractivity contribution in [2.24, 2.45) is 17.6 Å². The summed E-state index contributed by atoms with van der Waals surface area (Å²) in [5.41, 5.74) is 3.05. The normalized spacial score (nSPS) is 25.3. The first-order chi connectivity index (χ1) is 38.8. The van der Waals surface area contributed by atoms with Crippen molar-refractivity contribution in [3.63, 3.8) is 0 Å². The maximum Gasteiger partial charge on any atom is 0.412 e. The van der Waals surface area contributed by atoms with E-state index in [-0.39, 0.29) is 51.7 Å². The second-order valence-corrected chi connectivity index (χ2v) is 21.8. The topological polar surface area (TPSA) is 311 Å². The summed E-state index contributed by atoms with van der Waals surface area (Å²) in [4.78, 5) is 105. The number of halogens is 3. The molecule has 4 bridgehead atoms. The van der Waals surface area contributed by atoms with Crippen LogP contribution in [-0.2, 0) is 49.3 Å². The van der Waals surface area contributed by atoms with Gasteiger partial charge in [-0.15, -0.1) is 0 Å². The van der Waals surface area contributed by atoms with Crippen LogP contribution >= 0.6 is 11.6 Å². The molecule has 2 aromatic rings. The lowest BCUT2D eigenvalue weighted by atomic mass is 9.83. The van der Waals surface area contributed by atoms with Crippen LogP contribution in [0.5, 0.6) is 5.75 Å². The molecule has 4 heterocycles. The molecule has 4 aliphatic heterocycles. The first-order valence-corrected chi connectivity index (χ1v) is 27.4. The highest BCUT2D eigenvalue weighted by atomic mass is 35.5. The number of nitrogens with two attached hydrogens (primary N) is 1. The number of allylic oxidation sites excluding steroid dienone is 3. The SMILES string of the molecule is COc1cc2cc(c1Cl)N(C)CC[C@H](OC(=O)Nc1cc(F)c(NC(=O)[C@H](CCCNC(N)=O)NC(=O)[C@@H](NC(=O)CCCCCN3C(=O)C=CC3=O)C(C)C)cc1F)[C@]1(C)O[C@H]1[C@H](C)[C@@H]1C[C@@](O)(NC(=O)O1)[C@H](OC)/C=C/C=C(\C)C2. The number of nitrogens with zero attached hydrogens (tertiary/aromatic N) is 2. The number of rotatable bonds is 20. The average molecular weight is 1170 g/mol. The third-order valence-electron chi connectivity index (χ3n) is 14.8. The van der Waals surface area contributed by atoms with Crippen LogP contribution in [-0.4, -0.2) is 146 Å². The van der Waals surface area contributed by atoms with Gasteiger partial charge in [0.15, 0.2) is 5.72 Å². The summed E-state index contributed by atoms with van der Waals surface area (Å²) in [5.74, 6) is -6.12. The number of methoxy groups -OCH3 is 2. The van der Waals surface area contributed by atoms with E-state index >= 15 is 8.78 Å². The van der Waals surface area contributed by atoms with Gasteiger partial charge in [0.25, 0.3) is 11.8 Å². The van der Waals surface area contributed by atoms with Crippen LogP contribution in [0, 0.1) is 23.5 Å². The van der Waals surface area contributed by atoms with Crippen LogP contribution in [0.1, 0.15) is 91.5 Å². The zero-order valence-corrected chi connectivity index (χ0v) is 47.9. The molecule has 6 rings (SSSR count). The summed E-state index contributed by atoms with van der Waals surface area (Å²) in [6.45, 7) is 9.06. The Labute approximate surface area is 479 Å². The molecule has 9 amide bonds. The van der Waals surface area contributed by atoms with Crippen molar-refractivity contribution < 1.29 is 75.9 Å². The number of alkyl carbamates (subject to hydrolysis) is 1. The van der Waals surface area contributed by atoms with Gasteiger partial charge in [-0.05, 0) is 69.6 Å². The van der Waals surface area contributed by atoms with E-state index in [9.17, 15) is 43.5 Å². The van der Waals surface area contributed by atoms with Gasteiger partial charge in [0, 0.05) is 83.3 Å². The Hall–Kier alpha value is -7.35. The molecule has 23 nitrogen and oxygen atoms in total. The van der Waals surface area contributed by atoms with E-state index < -0.39 is 130 Å². The van der Waals surface area contributed by atoms with E-state index in [0.717, 1.165) is 16.0 Å². The Morgan fingerprint density at radius 3 is 2.29 bits per heavy atom. The smallest absolute Gasteiger partial charge is 0.412 e. The Morgan fingerprint density at radius 1 is 0.963 bits per heavy atom. The molecule has 448 valence electrons. The monoisotopic (exact) mass is 1170 g/mol. The first kappa shape index (κ1) is 63.8. The summed E-state index contributed by atoms with van der Waals surface area (Å²) in [6.07, 6.45) is 3.41. The van der Waals surface area contributed by atoms with Crippen molar-refractivity contribution in [1.29, 1.82) is 0 Å². The van der Waals surface area contributed by atoms with Crippen LogP contribution in [0.2, 0.25) is 5.02 Å². The van der Waals surface area contributed by atoms with Gasteiger partial charge in [0.1, 0.15) is 58.4 Å². The summed E-state index contributed by atoms with van der Waals surface area (Å²) in [6, 6.07) is 1.55. The number of primary amides is 1. The fourth-order valence-corrected chi connectivity index (χ4v) is 10.5. The van der Waals surface area contributed by atoms with Gasteiger partial charge in [-0.25, -0.2) is 23.2 Å². The van der Waals surface area contributed by atoms with Gasteiger partial charge in [-0.3, -0.25) is 39.5 Å². The summed E-state index contributed by atoms with van der Waals surface area (Å²) < 4.78 is 61.3. The van der Waals surface area contributed by atoms with Crippen molar-refractivity contribution >= 4 is 76.4 Å². The molecular weight excluding hydrogens is 1100 g/mol. The van der Waals surface area contributed by atoms with Crippen LogP contribution in [0.4, 0.5) is 40.2 Å². The number of epoxide rings is 1. The maximum atomic E-state index is 16.0. The molecule has 0 unspecified atom stereocenters. The quantitative estimate of drug-likeness (QED) is 0.0453. The Bertz CT molecular complexity index is 2820. The first-order valence-electron chi connectivity index (χ1n) is 27.0. The minimum atomic E-state index is -1.91. The summed E-state index contributed by atoms with van der Waals surface area (Å²) in [5, 5.41) is 26.8. The molecule has 0 saturated carbocycles. The number of ether oxygens (including phenoxy) is 5. The van der Waals surface area contributed by atoms with E-state index in [4.69, 9.17) is 41.0 Å². The summed E-state index contributed by atoms with van der Waals surface area (Å²) in [7, 11) is 4.67. The molecule has 2 saturated heterocycles. The lowest BCUT2D eigenvalue weighted by Gasteiger charge is -2.42. The number of amides is 9. The van der Waals surface area contributed by atoms with Crippen molar-refractivity contribution in [3.8, 4) is 5.75 Å². The molecule has 0 aliphatic carbocycles. The van der Waals surface area contributed by atoms with Crippen LogP contribution in [0.15, 0.2) is 60.2 Å². The van der Waals surface area contributed by atoms with Gasteiger partial charge >= 0.3 is 18.2 Å². The Morgan fingerprint density at radius 2 is 1.65 bits per heavy atom. The number of unbranched alkanes of at least 4 members (excludes halogenated alkanes) is 2. The molecule has 0 aromatic heterocycles. The predicted octanol–water partition coefficient (Wildman–Crippen LogP) is 5.62. The zero-order chi connectivity index (χ0) is 60.2. The van der Waals surface area contributed by atoms with Gasteiger partial charge in [0.05, 0.1) is 30.3 Å². The molecule has 9 atom stereocenters. The highest BCUT2D eigenvalue weighted by Gasteiger charge is 2.64. The number of anilines is 3. The average Bonchev–Trinajstić information content (AvgIpc) is 3.64. The highest BCUT2D eigenvalue weighted by Crippen LogP contribution is 2.49. The fourth-order valence-electron chi connectivity index (χ4n) is 10.2. The molecular formula is C56H74ClF2N9O14. The Kier molecular flexibility index (Phi) is 21.9. The third kappa shape index (κ3) is 16.4. The molecule has 9 N–H and O–H groups in total. The molecule has 82 heavy (non-hydrogen) atoms. The van der Waals surface area contributed by atoms with Gasteiger partial charge < -0.3 is 60.7 Å². The highest BCUT2D eigenvalue weighted by molar-refractivity contribution is 6.34. The third-order valence-corrected chi connectivity index (χ3v) is 15.2. The van der Waals surface area contributed by atoms with Crippen molar-refractivity contribution in [3.05, 3.63) is 82.4 Å². The van der Waals surface area contributed by atoms with Crippen LogP contribution in [0.25, 0.3) is 0 Å². The van der Waals surface area contributed by atoms with E-state index in [0.29, 0.717) is 54.3 Å². The lowest BCUT2D eigenvalue weighted by Crippen LogP contribution is -2.63. The number of hydrogen-bond donors (Lipinski definition) is 8. The van der Waals surface area contributed by atoms with Crippen LogP contribution < -0.4 is 47.3 Å². The van der Waals surface area contributed by atoms with Crippen LogP contribution in [0.3, 0.4) is 0 Å². The number of carbonyl (C=O) groups is 8. The minimum Gasteiger partial charge on any atom is -0.495 e. The fraction of sp³-hybridized carbons (Fsp3) is 0.536. The van der Waals surface area contributed by atoms with Gasteiger partial charge in [0.2, 0.25) is 17.7 Å². The number of fused-ring (bicyclic) bond motifs is 5. The van der Waals surface area contributed by atoms with E-state index in [2.05, 4.69) is 31.9 Å². The summed E-state index contributed by atoms with van der Waals surface area (Å²) >= 11 is 6.87. The van der Waals surface area contributed by atoms with Gasteiger partial charge in [-0.1, -0.05) is 62.6 Å². The second kappa shape index (κ2) is 28.1. The zero-order valence-electron chi connectivity index (χ0n) is 47.2. The predicted molar refractivity (Wildman–Crippen MR) is 297 cm³/mol. The number of aliphatic hydroxyl groups is 1. The number of hydrogen-bond acceptors (Lipinski definition) is 15. The van der Waals surface area contributed by atoms with E-state index in [1.54, 1.807) is 46.9 Å². The molecule has 0 spiro atoms. The van der Waals surface area contributed by atoms with Crippen molar-refractivity contribution in [2.45, 2.75) is 140 Å². The standard InChI is InChI=1S/C56H74ClF2N9O14/c1-30(2)48(65-44(69)17-10-9-11-22-68-45(70)18-19-46(68)71)51(73)62-36(15-13-21-61-52(60)74)50(72)63-37-27-35(59)38(28-34(37)58)64-53(75)81-42-20-23-67(6)39-25-33(26-40(78-7)47(39)57)24-31(3)14-12-16-43(79-8)56(77)29-41(80-54(76)66-56)32(4)49-55(42,5)82-49/h12,14,16,18-19,25-28,30,32,36,41-43,48-49,77H,9-11,13,15,17,20-24,29H2,1-8H3,(H,62,73)(H,63,72)(H,64,75)(H,65,69)(H,66,76)(H3,60,61,74)/b16-12+,31-14+/t32-,36+,41+,42+,43-,48+,49+,55+,56+/m1/s1. The number of urea groups is 1. The number of nitrogens with one attached hydrogen (secondary N) is 6. The number of benzene rings is 2. The molecule has 2 fully saturated rings. The second-order valence-electron chi connectivity index (χ2n) is 21.4. The molecule has 4 aliphatic rings. The largest absolute Gasteiger partial charge is 0.495 e. The number of imide groups is 1. The molecule has 26 heteroatoms. The number of carbonyl (C=O) groups excluding carboxylic acids is 8. The Balaban J connectivity index is 1.17.